The highest BCUT2D eigenvalue weighted by atomic mass is 16.5. The molecule has 0 spiro atoms. The highest BCUT2D eigenvalue weighted by molar-refractivity contribution is 5.73. The Balaban J connectivity index is 2.60. The Kier molecular flexibility index (Phi) is 6.61. The van der Waals surface area contributed by atoms with Gasteiger partial charge in [0.2, 0.25) is 6.41 Å². The van der Waals surface area contributed by atoms with Crippen LogP contribution in [0.4, 0.5) is 0 Å². The lowest BCUT2D eigenvalue weighted by atomic mass is 9.93. The first-order valence-electron chi connectivity index (χ1n) is 7.63. The molecule has 1 fully saturated rings. The average molecular weight is 300 g/mol. The van der Waals surface area contributed by atoms with Crippen molar-refractivity contribution in [2.24, 2.45) is 5.92 Å². The number of nitrogens with zero attached hydrogens (tertiary/aromatic N) is 1. The van der Waals surface area contributed by atoms with E-state index in [1.54, 1.807) is 0 Å². The Labute approximate surface area is 126 Å². The van der Waals surface area contributed by atoms with Crippen molar-refractivity contribution in [3.8, 4) is 0 Å². The first-order chi connectivity index (χ1) is 9.78. The number of hydrogen-bond donors (Lipinski definition) is 2. The summed E-state index contributed by atoms with van der Waals surface area (Å²) in [5, 5.41) is 12.0. The molecule has 0 aromatic carbocycles. The molecule has 21 heavy (non-hydrogen) atoms. The van der Waals surface area contributed by atoms with Gasteiger partial charge in [-0.2, -0.15) is 0 Å². The van der Waals surface area contributed by atoms with Gasteiger partial charge < -0.3 is 15.2 Å². The van der Waals surface area contributed by atoms with Crippen LogP contribution in [0, 0.1) is 5.92 Å². The van der Waals surface area contributed by atoms with Gasteiger partial charge in [-0.25, -0.2) is 0 Å². The molecule has 122 valence electrons. The fourth-order valence-corrected chi connectivity index (χ4v) is 2.84. The van der Waals surface area contributed by atoms with Gasteiger partial charge in [0.1, 0.15) is 12.3 Å². The molecular formula is C15H28N2O4. The lowest BCUT2D eigenvalue weighted by Gasteiger charge is -2.39. The van der Waals surface area contributed by atoms with Crippen LogP contribution >= 0.6 is 0 Å². The molecule has 1 aliphatic heterocycles. The van der Waals surface area contributed by atoms with E-state index in [1.165, 1.54) is 0 Å². The van der Waals surface area contributed by atoms with Crippen molar-refractivity contribution >= 4 is 12.4 Å². The summed E-state index contributed by atoms with van der Waals surface area (Å²) < 4.78 is 5.91. The van der Waals surface area contributed by atoms with E-state index in [1.807, 2.05) is 32.6 Å². The van der Waals surface area contributed by atoms with Crippen LogP contribution in [0.1, 0.15) is 47.0 Å². The first kappa shape index (κ1) is 17.9. The third-order valence-electron chi connectivity index (χ3n) is 3.83. The van der Waals surface area contributed by atoms with Gasteiger partial charge in [0.15, 0.2) is 0 Å². The highest BCUT2D eigenvalue weighted by Crippen LogP contribution is 2.26. The smallest absolute Gasteiger partial charge is 0.320 e. The first-order valence-corrected chi connectivity index (χ1v) is 7.63. The number of amides is 1. The van der Waals surface area contributed by atoms with Gasteiger partial charge in [0, 0.05) is 5.92 Å². The molecule has 1 saturated heterocycles. The second-order valence-corrected chi connectivity index (χ2v) is 6.57. The standard InChI is InChI=1S/C15H28N2O4/c1-5-12(14(19)20)17-8-6-11(7-9-17)13(16-10-18)21-15(2,3)4/h10-13H,5-9H2,1-4H3,(H,16,18)(H,19,20). The molecule has 0 aromatic rings. The maximum atomic E-state index is 11.2. The van der Waals surface area contributed by atoms with Crippen molar-refractivity contribution in [2.75, 3.05) is 13.1 Å². The third-order valence-corrected chi connectivity index (χ3v) is 3.83. The number of carboxylic acids is 1. The molecule has 0 aromatic heterocycles. The largest absolute Gasteiger partial charge is 0.480 e. The van der Waals surface area contributed by atoms with Crippen molar-refractivity contribution in [3.63, 3.8) is 0 Å². The monoisotopic (exact) mass is 300 g/mol. The Bertz CT molecular complexity index is 346. The fourth-order valence-electron chi connectivity index (χ4n) is 2.84. The quantitative estimate of drug-likeness (QED) is 0.549. The van der Waals surface area contributed by atoms with Crippen LogP contribution in [0.2, 0.25) is 0 Å². The molecular weight excluding hydrogens is 272 g/mol. The van der Waals surface area contributed by atoms with Crippen LogP contribution in [0.25, 0.3) is 0 Å². The second-order valence-electron chi connectivity index (χ2n) is 6.57. The van der Waals surface area contributed by atoms with Gasteiger partial charge >= 0.3 is 5.97 Å². The van der Waals surface area contributed by atoms with Crippen LogP contribution in [0.3, 0.4) is 0 Å². The summed E-state index contributed by atoms with van der Waals surface area (Å²) >= 11 is 0. The van der Waals surface area contributed by atoms with E-state index in [-0.39, 0.29) is 17.7 Å². The second kappa shape index (κ2) is 7.75. The Morgan fingerprint density at radius 3 is 2.38 bits per heavy atom. The van der Waals surface area contributed by atoms with Crippen LogP contribution in [-0.2, 0) is 14.3 Å². The number of piperidine rings is 1. The molecule has 0 bridgehead atoms. The van der Waals surface area contributed by atoms with E-state index in [9.17, 15) is 14.7 Å². The summed E-state index contributed by atoms with van der Waals surface area (Å²) in [4.78, 5) is 24.0. The molecule has 2 unspecified atom stereocenters. The van der Waals surface area contributed by atoms with Gasteiger partial charge in [-0.15, -0.1) is 0 Å². The zero-order chi connectivity index (χ0) is 16.0. The number of carbonyl (C=O) groups is 2. The van der Waals surface area contributed by atoms with E-state index in [4.69, 9.17) is 4.74 Å². The summed E-state index contributed by atoms with van der Waals surface area (Å²) in [6, 6.07) is -0.410. The van der Waals surface area contributed by atoms with Gasteiger partial charge in [-0.3, -0.25) is 14.5 Å². The van der Waals surface area contributed by atoms with E-state index < -0.39 is 12.0 Å². The van der Waals surface area contributed by atoms with Crippen molar-refractivity contribution in [3.05, 3.63) is 0 Å². The highest BCUT2D eigenvalue weighted by Gasteiger charge is 2.33. The molecule has 2 atom stereocenters. The number of nitrogens with one attached hydrogen (secondary N) is 1. The zero-order valence-electron chi connectivity index (χ0n) is 13.5. The topological polar surface area (TPSA) is 78.9 Å². The Morgan fingerprint density at radius 1 is 1.43 bits per heavy atom. The minimum Gasteiger partial charge on any atom is -0.480 e. The molecule has 1 amide bonds. The number of ether oxygens (including phenoxy) is 1. The summed E-state index contributed by atoms with van der Waals surface area (Å²) in [6.45, 7) is 9.21. The maximum absolute atomic E-state index is 11.2. The number of rotatable bonds is 7. The third kappa shape index (κ3) is 5.63. The Morgan fingerprint density at radius 2 is 2.00 bits per heavy atom. The van der Waals surface area contributed by atoms with Crippen LogP contribution < -0.4 is 5.32 Å². The summed E-state index contributed by atoms with van der Waals surface area (Å²) in [5.74, 6) is -0.540. The molecule has 1 heterocycles. The molecule has 1 aliphatic rings. The fraction of sp³-hybridized carbons (Fsp3) is 0.867. The minimum atomic E-state index is -0.760. The number of hydrogen-bond acceptors (Lipinski definition) is 4. The average Bonchev–Trinajstić information content (AvgIpc) is 2.38. The number of carboxylic acid groups (broad SMARTS) is 1. The van der Waals surface area contributed by atoms with Crippen LogP contribution in [0.15, 0.2) is 0 Å². The number of carbonyl (C=O) groups excluding carboxylic acids is 1. The van der Waals surface area contributed by atoms with Crippen LogP contribution in [-0.4, -0.2) is 53.3 Å². The van der Waals surface area contributed by atoms with Crippen molar-refractivity contribution in [1.29, 1.82) is 0 Å². The van der Waals surface area contributed by atoms with Crippen molar-refractivity contribution in [2.45, 2.75) is 64.8 Å². The van der Waals surface area contributed by atoms with Gasteiger partial charge in [-0.1, -0.05) is 6.92 Å². The summed E-state index contributed by atoms with van der Waals surface area (Å²) in [6.07, 6.45) is 2.62. The van der Waals surface area contributed by atoms with E-state index in [0.29, 0.717) is 12.8 Å². The molecule has 0 aliphatic carbocycles. The predicted octanol–water partition coefficient (Wildman–Crippen LogP) is 1.45. The lowest BCUT2D eigenvalue weighted by molar-refractivity contribution is -0.145. The molecule has 6 nitrogen and oxygen atoms in total. The van der Waals surface area contributed by atoms with E-state index >= 15 is 0 Å². The molecule has 1 rings (SSSR count). The minimum absolute atomic E-state index is 0.219. The molecule has 0 radical (unpaired) electrons. The normalized spacial score (nSPS) is 20.8. The van der Waals surface area contributed by atoms with Gasteiger partial charge in [0.05, 0.1) is 5.60 Å². The number of likely N-dealkylation sites (tertiary alicyclic amines) is 1. The number of aliphatic carboxylic acids is 1. The lowest BCUT2D eigenvalue weighted by Crippen LogP contribution is -2.50. The Hall–Kier alpha value is -1.14. The van der Waals surface area contributed by atoms with Crippen molar-refractivity contribution in [1.82, 2.24) is 10.2 Å². The van der Waals surface area contributed by atoms with Gasteiger partial charge in [-0.05, 0) is 53.1 Å². The van der Waals surface area contributed by atoms with E-state index in [2.05, 4.69) is 5.32 Å². The zero-order valence-corrected chi connectivity index (χ0v) is 13.5. The molecule has 0 saturated carbocycles. The molecule has 6 heteroatoms. The van der Waals surface area contributed by atoms with Gasteiger partial charge in [0.25, 0.3) is 0 Å². The van der Waals surface area contributed by atoms with Crippen molar-refractivity contribution < 1.29 is 19.4 Å². The predicted molar refractivity (Wildman–Crippen MR) is 79.8 cm³/mol. The summed E-state index contributed by atoms with van der Waals surface area (Å²) in [5.41, 5.74) is -0.329. The molecule has 2 N–H and O–H groups in total. The summed E-state index contributed by atoms with van der Waals surface area (Å²) in [7, 11) is 0. The van der Waals surface area contributed by atoms with Crippen LogP contribution in [0.5, 0.6) is 0 Å². The van der Waals surface area contributed by atoms with E-state index in [0.717, 1.165) is 25.9 Å². The maximum Gasteiger partial charge on any atom is 0.320 e. The SMILES string of the molecule is CCC(C(=O)O)N1CCC(C(NC=O)OC(C)(C)C)CC1.